The van der Waals surface area contributed by atoms with Crippen LogP contribution in [0.25, 0.3) is 10.9 Å². The van der Waals surface area contributed by atoms with Gasteiger partial charge in [-0.15, -0.1) is 0 Å². The second kappa shape index (κ2) is 3.55. The quantitative estimate of drug-likeness (QED) is 0.850. The zero-order valence-electron chi connectivity index (χ0n) is 8.07. The van der Waals surface area contributed by atoms with Crippen molar-refractivity contribution in [3.05, 3.63) is 28.9 Å². The van der Waals surface area contributed by atoms with E-state index in [-0.39, 0.29) is 6.54 Å². The number of rotatable bonds is 2. The van der Waals surface area contributed by atoms with Gasteiger partial charge in [0.15, 0.2) is 0 Å². The first kappa shape index (κ1) is 9.98. The fourth-order valence-electron chi connectivity index (χ4n) is 1.60. The Hall–Kier alpha value is -1.55. The minimum Gasteiger partial charge on any atom is -0.480 e. The largest absolute Gasteiger partial charge is 0.480 e. The monoisotopic (exact) mass is 224 g/mol. The van der Waals surface area contributed by atoms with E-state index in [2.05, 4.69) is 5.10 Å². The Kier molecular flexibility index (Phi) is 2.36. The van der Waals surface area contributed by atoms with E-state index in [1.165, 1.54) is 4.68 Å². The summed E-state index contributed by atoms with van der Waals surface area (Å²) in [6, 6.07) is 5.43. The van der Waals surface area contributed by atoms with Gasteiger partial charge in [-0.3, -0.25) is 9.48 Å². The minimum atomic E-state index is -0.931. The van der Waals surface area contributed by atoms with Crippen LogP contribution in [-0.4, -0.2) is 20.9 Å². The number of halogens is 1. The van der Waals surface area contributed by atoms with Crippen LogP contribution in [0.5, 0.6) is 0 Å². The number of nitrogens with zero attached hydrogens (tertiary/aromatic N) is 2. The number of hydrogen-bond donors (Lipinski definition) is 1. The Bertz CT molecular complexity index is 533. The van der Waals surface area contributed by atoms with Gasteiger partial charge in [-0.1, -0.05) is 23.7 Å². The summed E-state index contributed by atoms with van der Waals surface area (Å²) in [7, 11) is 0. The van der Waals surface area contributed by atoms with Crippen molar-refractivity contribution < 1.29 is 9.90 Å². The Morgan fingerprint density at radius 2 is 2.33 bits per heavy atom. The van der Waals surface area contributed by atoms with Gasteiger partial charge < -0.3 is 5.11 Å². The van der Waals surface area contributed by atoms with Gasteiger partial charge in [0.1, 0.15) is 6.54 Å². The smallest absolute Gasteiger partial charge is 0.325 e. The van der Waals surface area contributed by atoms with Gasteiger partial charge in [0.05, 0.1) is 16.2 Å². The lowest BCUT2D eigenvalue weighted by Crippen LogP contribution is -2.10. The third-order valence-electron chi connectivity index (χ3n) is 2.19. The number of aliphatic carboxylic acids is 1. The number of benzene rings is 1. The second-order valence-electron chi connectivity index (χ2n) is 3.27. The normalized spacial score (nSPS) is 10.8. The first-order valence-corrected chi connectivity index (χ1v) is 4.81. The lowest BCUT2D eigenvalue weighted by Gasteiger charge is -2.00. The van der Waals surface area contributed by atoms with Crippen LogP contribution >= 0.6 is 11.6 Å². The van der Waals surface area contributed by atoms with Crippen LogP contribution < -0.4 is 0 Å². The molecule has 4 nitrogen and oxygen atoms in total. The Morgan fingerprint density at radius 3 is 3.00 bits per heavy atom. The van der Waals surface area contributed by atoms with E-state index in [0.29, 0.717) is 10.5 Å². The Morgan fingerprint density at radius 1 is 1.60 bits per heavy atom. The van der Waals surface area contributed by atoms with Crippen LogP contribution in [0.15, 0.2) is 18.2 Å². The summed E-state index contributed by atoms with van der Waals surface area (Å²) in [6.07, 6.45) is 0. The molecular formula is C10H9ClN2O2. The summed E-state index contributed by atoms with van der Waals surface area (Å²) in [5.74, 6) is -0.931. The van der Waals surface area contributed by atoms with Crippen LogP contribution in [0.2, 0.25) is 5.02 Å². The summed E-state index contributed by atoms with van der Waals surface area (Å²) < 4.78 is 1.41. The molecule has 15 heavy (non-hydrogen) atoms. The fourth-order valence-corrected chi connectivity index (χ4v) is 1.87. The molecule has 0 unspecified atom stereocenters. The van der Waals surface area contributed by atoms with Crippen molar-refractivity contribution in [1.29, 1.82) is 0 Å². The highest BCUT2D eigenvalue weighted by atomic mass is 35.5. The predicted octanol–water partition coefficient (Wildman–Crippen LogP) is 2.08. The maximum Gasteiger partial charge on any atom is 0.325 e. The number of carboxylic acids is 1. The number of para-hydroxylation sites is 1. The molecule has 0 aliphatic carbocycles. The summed E-state index contributed by atoms with van der Waals surface area (Å²) in [5.41, 5.74) is 1.47. The minimum absolute atomic E-state index is 0.173. The second-order valence-corrected chi connectivity index (χ2v) is 3.68. The molecule has 0 spiro atoms. The van der Waals surface area contributed by atoms with Crippen molar-refractivity contribution in [3.63, 3.8) is 0 Å². The molecule has 78 valence electrons. The van der Waals surface area contributed by atoms with Crippen LogP contribution in [0, 0.1) is 6.92 Å². The molecule has 0 aliphatic heterocycles. The van der Waals surface area contributed by atoms with E-state index >= 15 is 0 Å². The number of hydrogen-bond acceptors (Lipinski definition) is 2. The molecule has 1 aromatic heterocycles. The molecule has 0 atom stereocenters. The van der Waals surface area contributed by atoms with Crippen molar-refractivity contribution in [1.82, 2.24) is 9.78 Å². The maximum atomic E-state index is 10.6. The highest BCUT2D eigenvalue weighted by Crippen LogP contribution is 2.25. The standard InChI is InChI=1S/C10H9ClN2O2/c1-6-7-3-2-4-8(11)10(7)13(12-6)5-9(14)15/h2-4H,5H2,1H3,(H,14,15). The van der Waals surface area contributed by atoms with Gasteiger partial charge in [0.25, 0.3) is 0 Å². The summed E-state index contributed by atoms with van der Waals surface area (Å²) in [5, 5.41) is 14.3. The van der Waals surface area contributed by atoms with E-state index in [0.717, 1.165) is 11.1 Å². The summed E-state index contributed by atoms with van der Waals surface area (Å²) in [6.45, 7) is 1.66. The lowest BCUT2D eigenvalue weighted by atomic mass is 10.2. The molecule has 1 aromatic carbocycles. The first-order chi connectivity index (χ1) is 7.09. The molecule has 0 fully saturated rings. The molecule has 0 aliphatic rings. The van der Waals surface area contributed by atoms with E-state index in [9.17, 15) is 4.79 Å². The molecule has 0 amide bonds. The summed E-state index contributed by atoms with van der Waals surface area (Å²) in [4.78, 5) is 10.6. The molecule has 1 heterocycles. The van der Waals surface area contributed by atoms with Crippen LogP contribution in [0.3, 0.4) is 0 Å². The molecule has 2 rings (SSSR count). The van der Waals surface area contributed by atoms with Gasteiger partial charge >= 0.3 is 5.97 Å². The van der Waals surface area contributed by atoms with Crippen molar-refractivity contribution >= 4 is 28.5 Å². The summed E-state index contributed by atoms with van der Waals surface area (Å²) >= 11 is 6.01. The SMILES string of the molecule is Cc1nn(CC(=O)O)c2c(Cl)cccc12. The number of aryl methyl sites for hydroxylation is 1. The zero-order chi connectivity index (χ0) is 11.0. The third-order valence-corrected chi connectivity index (χ3v) is 2.50. The van der Waals surface area contributed by atoms with E-state index < -0.39 is 5.97 Å². The van der Waals surface area contributed by atoms with Gasteiger partial charge in [0.2, 0.25) is 0 Å². The average Bonchev–Trinajstić information content (AvgIpc) is 2.44. The van der Waals surface area contributed by atoms with E-state index in [1.807, 2.05) is 19.1 Å². The van der Waals surface area contributed by atoms with Crippen LogP contribution in [-0.2, 0) is 11.3 Å². The van der Waals surface area contributed by atoms with Gasteiger partial charge in [-0.05, 0) is 13.0 Å². The number of aromatic nitrogens is 2. The van der Waals surface area contributed by atoms with Gasteiger partial charge in [0, 0.05) is 5.39 Å². The predicted molar refractivity (Wildman–Crippen MR) is 57.1 cm³/mol. The van der Waals surface area contributed by atoms with Gasteiger partial charge in [-0.25, -0.2) is 0 Å². The van der Waals surface area contributed by atoms with Crippen LogP contribution in [0.1, 0.15) is 5.69 Å². The Balaban J connectivity index is 2.70. The Labute approximate surface area is 91.1 Å². The molecule has 0 saturated heterocycles. The average molecular weight is 225 g/mol. The zero-order valence-corrected chi connectivity index (χ0v) is 8.82. The van der Waals surface area contributed by atoms with Crippen molar-refractivity contribution in [2.75, 3.05) is 0 Å². The number of carboxylic acid groups (broad SMARTS) is 1. The molecular weight excluding hydrogens is 216 g/mol. The molecule has 0 saturated carbocycles. The lowest BCUT2D eigenvalue weighted by molar-refractivity contribution is -0.137. The van der Waals surface area contributed by atoms with Gasteiger partial charge in [-0.2, -0.15) is 5.10 Å². The van der Waals surface area contributed by atoms with Crippen LogP contribution in [0.4, 0.5) is 0 Å². The van der Waals surface area contributed by atoms with E-state index in [4.69, 9.17) is 16.7 Å². The molecule has 0 bridgehead atoms. The highest BCUT2D eigenvalue weighted by molar-refractivity contribution is 6.35. The topological polar surface area (TPSA) is 55.1 Å². The number of carbonyl (C=O) groups is 1. The van der Waals surface area contributed by atoms with Crippen molar-refractivity contribution in [3.8, 4) is 0 Å². The highest BCUT2D eigenvalue weighted by Gasteiger charge is 2.11. The first-order valence-electron chi connectivity index (χ1n) is 4.43. The molecule has 5 heteroatoms. The molecule has 0 radical (unpaired) electrons. The fraction of sp³-hybridized carbons (Fsp3) is 0.200. The molecule has 1 N–H and O–H groups in total. The maximum absolute atomic E-state index is 10.6. The third kappa shape index (κ3) is 1.68. The van der Waals surface area contributed by atoms with E-state index in [1.54, 1.807) is 6.07 Å². The molecule has 2 aromatic rings. The number of fused-ring (bicyclic) bond motifs is 1. The van der Waals surface area contributed by atoms with Crippen molar-refractivity contribution in [2.24, 2.45) is 0 Å². The van der Waals surface area contributed by atoms with Crippen molar-refractivity contribution in [2.45, 2.75) is 13.5 Å².